The molecule has 2 aromatic rings. The van der Waals surface area contributed by atoms with Gasteiger partial charge in [-0.3, -0.25) is 4.57 Å². The molecule has 0 amide bonds. The first kappa shape index (κ1) is 17.2. The van der Waals surface area contributed by atoms with Crippen LogP contribution in [0, 0.1) is 0 Å². The highest BCUT2D eigenvalue weighted by Crippen LogP contribution is 2.49. The fourth-order valence-corrected chi connectivity index (χ4v) is 3.48. The Bertz CT molecular complexity index is 681. The summed E-state index contributed by atoms with van der Waals surface area (Å²) >= 11 is 0. The summed E-state index contributed by atoms with van der Waals surface area (Å²) in [6, 6.07) is 16.2. The smallest absolute Gasteiger partial charge is 0.365 e. The zero-order valence-electron chi connectivity index (χ0n) is 12.8. The molecule has 0 saturated heterocycles. The molecule has 0 aromatic heterocycles. The number of rotatable bonds is 9. The normalized spacial score (nSPS) is 11.0. The second-order valence-corrected chi connectivity index (χ2v) is 6.54. The SMILES string of the molecule is C=CCOP(=O)(OCC=C)c1ccccc1Oc1ccccc1. The van der Waals surface area contributed by atoms with Crippen LogP contribution in [0.5, 0.6) is 11.5 Å². The summed E-state index contributed by atoms with van der Waals surface area (Å²) in [5.41, 5.74) is 0. The van der Waals surface area contributed by atoms with Crippen LogP contribution in [0.1, 0.15) is 0 Å². The van der Waals surface area contributed by atoms with Crippen LogP contribution in [0.2, 0.25) is 0 Å². The molecule has 0 fully saturated rings. The first-order valence-electron chi connectivity index (χ1n) is 7.13. The second kappa shape index (κ2) is 8.49. The Hall–Kier alpha value is -2.13. The third-order valence-corrected chi connectivity index (χ3v) is 4.79. The summed E-state index contributed by atoms with van der Waals surface area (Å²) in [6.07, 6.45) is 3.04. The van der Waals surface area contributed by atoms with E-state index in [4.69, 9.17) is 13.8 Å². The molecule has 0 atom stereocenters. The molecule has 5 heteroatoms. The van der Waals surface area contributed by atoms with Gasteiger partial charge in [-0.1, -0.05) is 42.5 Å². The molecule has 2 rings (SSSR count). The number of para-hydroxylation sites is 2. The highest BCUT2D eigenvalue weighted by molar-refractivity contribution is 7.62. The Kier molecular flexibility index (Phi) is 6.36. The van der Waals surface area contributed by atoms with E-state index >= 15 is 0 Å². The largest absolute Gasteiger partial charge is 0.456 e. The zero-order valence-corrected chi connectivity index (χ0v) is 13.7. The monoisotopic (exact) mass is 330 g/mol. The summed E-state index contributed by atoms with van der Waals surface area (Å²) in [7, 11) is -3.55. The van der Waals surface area contributed by atoms with Gasteiger partial charge in [-0.2, -0.15) is 0 Å². The average molecular weight is 330 g/mol. The molecule has 0 radical (unpaired) electrons. The van der Waals surface area contributed by atoms with Crippen molar-refractivity contribution in [2.75, 3.05) is 13.2 Å². The van der Waals surface area contributed by atoms with Gasteiger partial charge in [0.05, 0.1) is 13.2 Å². The van der Waals surface area contributed by atoms with Gasteiger partial charge in [0.2, 0.25) is 0 Å². The van der Waals surface area contributed by atoms with Crippen molar-refractivity contribution >= 4 is 12.9 Å². The number of ether oxygens (including phenoxy) is 1. The molecule has 0 aliphatic rings. The van der Waals surface area contributed by atoms with Crippen molar-refractivity contribution in [3.63, 3.8) is 0 Å². The van der Waals surface area contributed by atoms with Crippen LogP contribution in [0.15, 0.2) is 79.9 Å². The van der Waals surface area contributed by atoms with Gasteiger partial charge in [0.25, 0.3) is 0 Å². The van der Waals surface area contributed by atoms with Crippen molar-refractivity contribution in [3.8, 4) is 11.5 Å². The maximum absolute atomic E-state index is 13.1. The topological polar surface area (TPSA) is 44.8 Å². The highest BCUT2D eigenvalue weighted by Gasteiger charge is 2.30. The lowest BCUT2D eigenvalue weighted by Gasteiger charge is -2.20. The Morgan fingerprint density at radius 3 is 2.04 bits per heavy atom. The third-order valence-electron chi connectivity index (χ3n) is 2.86. The fourth-order valence-electron chi connectivity index (χ4n) is 1.86. The fraction of sp³-hybridized carbons (Fsp3) is 0.111. The quantitative estimate of drug-likeness (QED) is 0.494. The molecule has 0 saturated carbocycles. The molecule has 0 unspecified atom stereocenters. The van der Waals surface area contributed by atoms with E-state index in [1.165, 1.54) is 12.2 Å². The van der Waals surface area contributed by atoms with E-state index in [1.54, 1.807) is 24.3 Å². The Balaban J connectivity index is 2.36. The van der Waals surface area contributed by atoms with E-state index < -0.39 is 7.60 Å². The van der Waals surface area contributed by atoms with Gasteiger partial charge in [0, 0.05) is 0 Å². The molecule has 0 heterocycles. The van der Waals surface area contributed by atoms with Crippen LogP contribution in [-0.2, 0) is 13.6 Å². The van der Waals surface area contributed by atoms with E-state index in [0.717, 1.165) is 0 Å². The van der Waals surface area contributed by atoms with Crippen LogP contribution in [0.25, 0.3) is 0 Å². The predicted octanol–water partition coefficient (Wildman–Crippen LogP) is 4.70. The van der Waals surface area contributed by atoms with Crippen LogP contribution in [0.4, 0.5) is 0 Å². The van der Waals surface area contributed by atoms with Gasteiger partial charge in [0.15, 0.2) is 0 Å². The van der Waals surface area contributed by atoms with E-state index in [9.17, 15) is 4.57 Å². The molecule has 23 heavy (non-hydrogen) atoms. The molecule has 2 aromatic carbocycles. The third kappa shape index (κ3) is 4.67. The molecule has 0 N–H and O–H groups in total. The molecule has 0 spiro atoms. The van der Waals surface area contributed by atoms with Crippen molar-refractivity contribution in [2.24, 2.45) is 0 Å². The van der Waals surface area contributed by atoms with Gasteiger partial charge in [0.1, 0.15) is 16.8 Å². The second-order valence-electron chi connectivity index (χ2n) is 4.55. The Labute approximate surface area is 136 Å². The molecular weight excluding hydrogens is 311 g/mol. The summed E-state index contributed by atoms with van der Waals surface area (Å²) < 4.78 is 29.8. The first-order valence-corrected chi connectivity index (χ1v) is 8.67. The van der Waals surface area contributed by atoms with E-state index in [1.807, 2.05) is 30.3 Å². The standard InChI is InChI=1S/C18H19O4P/c1-3-14-20-23(19,21-15-4-2)18-13-9-8-12-17(18)22-16-10-6-5-7-11-16/h3-13H,1-2,14-15H2. The first-order chi connectivity index (χ1) is 11.2. The summed E-state index contributed by atoms with van der Waals surface area (Å²) in [5, 5.41) is 0.368. The molecule has 0 aliphatic heterocycles. The van der Waals surface area contributed by atoms with Crippen LogP contribution >= 0.6 is 7.60 Å². The van der Waals surface area contributed by atoms with Gasteiger partial charge in [-0.05, 0) is 24.3 Å². The van der Waals surface area contributed by atoms with Crippen molar-refractivity contribution < 1.29 is 18.3 Å². The lowest BCUT2D eigenvalue weighted by molar-refractivity contribution is 0.246. The minimum absolute atomic E-state index is 0.105. The predicted molar refractivity (Wildman–Crippen MR) is 92.5 cm³/mol. The Morgan fingerprint density at radius 1 is 0.870 bits per heavy atom. The van der Waals surface area contributed by atoms with Crippen molar-refractivity contribution in [1.29, 1.82) is 0 Å². The van der Waals surface area contributed by atoms with E-state index in [0.29, 0.717) is 16.8 Å². The Morgan fingerprint density at radius 2 is 1.43 bits per heavy atom. The zero-order chi connectivity index (χ0) is 16.5. The highest BCUT2D eigenvalue weighted by atomic mass is 31.2. The van der Waals surface area contributed by atoms with Crippen molar-refractivity contribution in [3.05, 3.63) is 79.9 Å². The average Bonchev–Trinajstić information content (AvgIpc) is 2.59. The minimum Gasteiger partial charge on any atom is -0.456 e. The maximum Gasteiger partial charge on any atom is 0.365 e. The van der Waals surface area contributed by atoms with Gasteiger partial charge >= 0.3 is 7.60 Å². The lowest BCUT2D eigenvalue weighted by Crippen LogP contribution is -2.13. The van der Waals surface area contributed by atoms with Crippen LogP contribution in [-0.4, -0.2) is 13.2 Å². The molecular formula is C18H19O4P. The summed E-state index contributed by atoms with van der Waals surface area (Å²) in [6.45, 7) is 7.36. The summed E-state index contributed by atoms with van der Waals surface area (Å²) in [5.74, 6) is 1.06. The van der Waals surface area contributed by atoms with Crippen LogP contribution < -0.4 is 10.0 Å². The summed E-state index contributed by atoms with van der Waals surface area (Å²) in [4.78, 5) is 0. The molecule has 4 nitrogen and oxygen atoms in total. The van der Waals surface area contributed by atoms with E-state index in [2.05, 4.69) is 13.2 Å². The molecule has 0 aliphatic carbocycles. The number of hydrogen-bond donors (Lipinski definition) is 0. The molecule has 0 bridgehead atoms. The molecule has 120 valence electrons. The lowest BCUT2D eigenvalue weighted by atomic mass is 10.3. The van der Waals surface area contributed by atoms with Gasteiger partial charge in [-0.15, -0.1) is 13.2 Å². The maximum atomic E-state index is 13.1. The van der Waals surface area contributed by atoms with Crippen molar-refractivity contribution in [2.45, 2.75) is 0 Å². The van der Waals surface area contributed by atoms with E-state index in [-0.39, 0.29) is 13.2 Å². The van der Waals surface area contributed by atoms with Crippen LogP contribution in [0.3, 0.4) is 0 Å². The number of hydrogen-bond acceptors (Lipinski definition) is 4. The minimum atomic E-state index is -3.55. The van der Waals surface area contributed by atoms with Gasteiger partial charge in [-0.25, -0.2) is 0 Å². The van der Waals surface area contributed by atoms with Gasteiger partial charge < -0.3 is 13.8 Å². The van der Waals surface area contributed by atoms with Crippen molar-refractivity contribution in [1.82, 2.24) is 0 Å². The number of benzene rings is 2.